The summed E-state index contributed by atoms with van der Waals surface area (Å²) in [5.74, 6) is 1.31. The molecule has 0 atom stereocenters. The van der Waals surface area contributed by atoms with Gasteiger partial charge < -0.3 is 4.42 Å². The molecular weight excluding hydrogens is 384 g/mol. The van der Waals surface area contributed by atoms with Crippen LogP contribution in [-0.4, -0.2) is 33.5 Å². The highest BCUT2D eigenvalue weighted by molar-refractivity contribution is 7.98. The molecule has 0 N–H and O–H groups in total. The maximum atomic E-state index is 12.0. The minimum atomic E-state index is -3.27. The highest BCUT2D eigenvalue weighted by atomic mass is 32.2. The number of hydrogen-bond acceptors (Lipinski definition) is 7. The lowest BCUT2D eigenvalue weighted by Crippen LogP contribution is -2.03. The Hall–Kier alpha value is -2.39. The van der Waals surface area contributed by atoms with Crippen LogP contribution in [0.15, 0.2) is 45.0 Å². The number of fused-ring (bicyclic) bond motifs is 2. The molecule has 7 nitrogen and oxygen atoms in total. The molecule has 4 rings (SSSR count). The number of hydrogen-bond donors (Lipinski definition) is 0. The van der Waals surface area contributed by atoms with Crippen LogP contribution in [0.5, 0.6) is 0 Å². The first-order valence-electron chi connectivity index (χ1n) is 8.44. The van der Waals surface area contributed by atoms with Gasteiger partial charge in [0.05, 0.1) is 16.3 Å². The van der Waals surface area contributed by atoms with Crippen LogP contribution in [0, 0.1) is 13.8 Å². The normalized spacial score (nSPS) is 12.3. The SMILES string of the molecule is CCS(=O)(=O)c1ccc2oc(SCc3cn4c(C)cc(C)nc4n3)nc2c1. The summed E-state index contributed by atoms with van der Waals surface area (Å²) in [6.07, 6.45) is 1.96. The van der Waals surface area contributed by atoms with Gasteiger partial charge in [-0.2, -0.15) is 0 Å². The minimum absolute atomic E-state index is 0.0543. The van der Waals surface area contributed by atoms with Crippen LogP contribution >= 0.6 is 11.8 Å². The molecule has 4 aromatic rings. The van der Waals surface area contributed by atoms with Gasteiger partial charge >= 0.3 is 0 Å². The predicted molar refractivity (Wildman–Crippen MR) is 104 cm³/mol. The number of aromatic nitrogens is 4. The molecule has 0 amide bonds. The summed E-state index contributed by atoms with van der Waals surface area (Å²) >= 11 is 1.41. The first-order chi connectivity index (χ1) is 12.9. The molecule has 0 spiro atoms. The van der Waals surface area contributed by atoms with Crippen LogP contribution < -0.4 is 0 Å². The van der Waals surface area contributed by atoms with Crippen molar-refractivity contribution in [3.05, 3.63) is 47.5 Å². The molecule has 0 saturated carbocycles. The van der Waals surface area contributed by atoms with Gasteiger partial charge in [0.15, 0.2) is 15.4 Å². The average Bonchev–Trinajstić information content (AvgIpc) is 3.22. The lowest BCUT2D eigenvalue weighted by Gasteiger charge is -1.99. The number of nitrogens with zero attached hydrogens (tertiary/aromatic N) is 4. The van der Waals surface area contributed by atoms with Crippen molar-refractivity contribution in [3.8, 4) is 0 Å². The monoisotopic (exact) mass is 402 g/mol. The summed E-state index contributed by atoms with van der Waals surface area (Å²) in [6.45, 7) is 5.58. The fourth-order valence-electron chi connectivity index (χ4n) is 2.83. The van der Waals surface area contributed by atoms with E-state index in [2.05, 4.69) is 15.0 Å². The van der Waals surface area contributed by atoms with Gasteiger partial charge in [0.25, 0.3) is 5.22 Å². The molecule has 3 heterocycles. The average molecular weight is 403 g/mol. The zero-order chi connectivity index (χ0) is 19.2. The molecule has 0 aliphatic carbocycles. The van der Waals surface area contributed by atoms with Crippen molar-refractivity contribution < 1.29 is 12.8 Å². The second-order valence-corrected chi connectivity index (χ2v) is 9.45. The first-order valence-corrected chi connectivity index (χ1v) is 11.1. The summed E-state index contributed by atoms with van der Waals surface area (Å²) in [4.78, 5) is 13.6. The molecule has 27 heavy (non-hydrogen) atoms. The minimum Gasteiger partial charge on any atom is -0.431 e. The Bertz CT molecular complexity index is 1260. The Morgan fingerprint density at radius 3 is 2.74 bits per heavy atom. The van der Waals surface area contributed by atoms with E-state index in [0.717, 1.165) is 17.1 Å². The van der Waals surface area contributed by atoms with Gasteiger partial charge in [0.1, 0.15) is 5.52 Å². The third-order valence-electron chi connectivity index (χ3n) is 4.23. The molecule has 0 unspecified atom stereocenters. The van der Waals surface area contributed by atoms with Crippen molar-refractivity contribution >= 4 is 38.5 Å². The van der Waals surface area contributed by atoms with Crippen molar-refractivity contribution in [2.45, 2.75) is 36.6 Å². The zero-order valence-corrected chi connectivity index (χ0v) is 16.8. The fourth-order valence-corrected chi connectivity index (χ4v) is 4.45. The van der Waals surface area contributed by atoms with E-state index in [4.69, 9.17) is 4.42 Å². The van der Waals surface area contributed by atoms with Gasteiger partial charge in [-0.05, 0) is 38.1 Å². The number of thioether (sulfide) groups is 1. The van der Waals surface area contributed by atoms with E-state index in [1.54, 1.807) is 25.1 Å². The Kier molecular flexibility index (Phi) is 4.43. The van der Waals surface area contributed by atoms with Gasteiger partial charge in [-0.1, -0.05) is 18.7 Å². The van der Waals surface area contributed by atoms with E-state index in [1.165, 1.54) is 11.8 Å². The van der Waals surface area contributed by atoms with Gasteiger partial charge in [0, 0.05) is 23.3 Å². The number of oxazole rings is 1. The van der Waals surface area contributed by atoms with Crippen LogP contribution in [0.4, 0.5) is 0 Å². The highest BCUT2D eigenvalue weighted by Crippen LogP contribution is 2.28. The Morgan fingerprint density at radius 1 is 1.15 bits per heavy atom. The summed E-state index contributed by atoms with van der Waals surface area (Å²) < 4.78 is 31.7. The molecule has 0 saturated heterocycles. The molecule has 0 radical (unpaired) electrons. The van der Waals surface area contributed by atoms with Gasteiger partial charge in [0.2, 0.25) is 5.78 Å². The van der Waals surface area contributed by atoms with E-state index in [0.29, 0.717) is 27.9 Å². The maximum Gasteiger partial charge on any atom is 0.257 e. The molecule has 3 aromatic heterocycles. The van der Waals surface area contributed by atoms with E-state index >= 15 is 0 Å². The van der Waals surface area contributed by atoms with Crippen LogP contribution in [0.1, 0.15) is 24.0 Å². The Morgan fingerprint density at radius 2 is 1.96 bits per heavy atom. The van der Waals surface area contributed by atoms with E-state index in [1.807, 2.05) is 30.5 Å². The molecule has 9 heteroatoms. The number of rotatable bonds is 5. The van der Waals surface area contributed by atoms with Crippen LogP contribution in [-0.2, 0) is 15.6 Å². The van der Waals surface area contributed by atoms with E-state index < -0.39 is 9.84 Å². The fraction of sp³-hybridized carbons (Fsp3) is 0.278. The Balaban J connectivity index is 1.58. The number of sulfone groups is 1. The van der Waals surface area contributed by atoms with Crippen molar-refractivity contribution in [1.29, 1.82) is 0 Å². The smallest absolute Gasteiger partial charge is 0.257 e. The topological polar surface area (TPSA) is 90.4 Å². The Labute approximate surface area is 160 Å². The van der Waals surface area contributed by atoms with E-state index in [-0.39, 0.29) is 10.6 Å². The molecule has 1 aromatic carbocycles. The summed E-state index contributed by atoms with van der Waals surface area (Å²) in [7, 11) is -3.27. The standard InChI is InChI=1S/C18H18N4O3S2/c1-4-27(23,24)14-5-6-16-15(8-14)21-18(25-16)26-10-13-9-22-12(3)7-11(2)19-17(22)20-13/h5-9H,4,10H2,1-3H3. The van der Waals surface area contributed by atoms with Crippen molar-refractivity contribution in [3.63, 3.8) is 0 Å². The summed E-state index contributed by atoms with van der Waals surface area (Å²) in [5, 5.41) is 0.481. The third kappa shape index (κ3) is 3.44. The summed E-state index contributed by atoms with van der Waals surface area (Å²) in [5.41, 5.74) is 3.98. The second-order valence-electron chi connectivity index (χ2n) is 6.24. The molecule has 0 aliphatic heterocycles. The second kappa shape index (κ2) is 6.65. The molecule has 140 valence electrons. The molecule has 0 bridgehead atoms. The zero-order valence-electron chi connectivity index (χ0n) is 15.1. The van der Waals surface area contributed by atoms with Crippen LogP contribution in [0.2, 0.25) is 0 Å². The maximum absolute atomic E-state index is 12.0. The quantitative estimate of drug-likeness (QED) is 0.471. The highest BCUT2D eigenvalue weighted by Gasteiger charge is 2.15. The van der Waals surface area contributed by atoms with Crippen molar-refractivity contribution in [1.82, 2.24) is 19.4 Å². The molecular formula is C18H18N4O3S2. The number of benzene rings is 1. The van der Waals surface area contributed by atoms with Crippen LogP contribution in [0.25, 0.3) is 16.9 Å². The third-order valence-corrected chi connectivity index (χ3v) is 6.83. The van der Waals surface area contributed by atoms with Gasteiger partial charge in [-0.25, -0.2) is 23.4 Å². The van der Waals surface area contributed by atoms with Gasteiger partial charge in [-0.3, -0.25) is 4.40 Å². The van der Waals surface area contributed by atoms with Gasteiger partial charge in [-0.15, -0.1) is 0 Å². The number of imidazole rings is 1. The molecule has 0 aliphatic rings. The van der Waals surface area contributed by atoms with Crippen LogP contribution in [0.3, 0.4) is 0 Å². The lowest BCUT2D eigenvalue weighted by atomic mass is 10.3. The first kappa shape index (κ1) is 18.0. The predicted octanol–water partition coefficient (Wildman–Crippen LogP) is 3.57. The van der Waals surface area contributed by atoms with Crippen molar-refractivity contribution in [2.75, 3.05) is 5.75 Å². The summed E-state index contributed by atoms with van der Waals surface area (Å²) in [6, 6.07) is 6.77. The van der Waals surface area contributed by atoms with Crippen molar-refractivity contribution in [2.24, 2.45) is 0 Å². The number of aryl methyl sites for hydroxylation is 2. The molecule has 0 fully saturated rings. The lowest BCUT2D eigenvalue weighted by molar-refractivity contribution is 0.489. The largest absolute Gasteiger partial charge is 0.431 e. The van der Waals surface area contributed by atoms with E-state index in [9.17, 15) is 8.42 Å².